The Bertz CT molecular complexity index is 2130. The van der Waals surface area contributed by atoms with Crippen molar-refractivity contribution in [3.05, 3.63) is 191 Å². The van der Waals surface area contributed by atoms with E-state index >= 15 is 0 Å². The fourth-order valence-electron chi connectivity index (χ4n) is 7.96. The molecule has 0 radical (unpaired) electrons. The third kappa shape index (κ3) is 6.40. The maximum absolute atomic E-state index is 5.19. The number of aromatic nitrogens is 5. The summed E-state index contributed by atoms with van der Waals surface area (Å²) in [6.45, 7) is 0.722. The van der Waals surface area contributed by atoms with Crippen molar-refractivity contribution in [2.45, 2.75) is 43.2 Å². The predicted molar refractivity (Wildman–Crippen MR) is 210 cm³/mol. The molecule has 0 spiro atoms. The van der Waals surface area contributed by atoms with Crippen LogP contribution in [0.2, 0.25) is 0 Å². The summed E-state index contributed by atoms with van der Waals surface area (Å²) in [5, 5.41) is 17.2. The molecular formula is C45H43N7. The second-order valence-electron chi connectivity index (χ2n) is 13.5. The Morgan fingerprint density at radius 2 is 1.35 bits per heavy atom. The van der Waals surface area contributed by atoms with Gasteiger partial charge in [0.15, 0.2) is 5.65 Å². The summed E-state index contributed by atoms with van der Waals surface area (Å²) in [7, 11) is 1.91. The van der Waals surface area contributed by atoms with Gasteiger partial charge in [0.2, 0.25) is 0 Å². The molecule has 8 rings (SSSR count). The summed E-state index contributed by atoms with van der Waals surface area (Å²) >= 11 is 0. The van der Waals surface area contributed by atoms with Gasteiger partial charge in [-0.05, 0) is 71.6 Å². The lowest BCUT2D eigenvalue weighted by Crippen LogP contribution is -2.39. The molecule has 258 valence electrons. The second kappa shape index (κ2) is 15.1. The fourth-order valence-corrected chi connectivity index (χ4v) is 7.96. The van der Waals surface area contributed by atoms with E-state index in [1.807, 2.05) is 48.4 Å². The van der Waals surface area contributed by atoms with Crippen molar-refractivity contribution in [2.24, 2.45) is 0 Å². The average molecular weight is 682 g/mol. The molecule has 0 bridgehead atoms. The van der Waals surface area contributed by atoms with Crippen LogP contribution in [0.5, 0.6) is 0 Å². The first-order chi connectivity index (χ1) is 25.8. The van der Waals surface area contributed by atoms with Gasteiger partial charge in [0.25, 0.3) is 0 Å². The molecule has 2 N–H and O–H groups in total. The van der Waals surface area contributed by atoms with E-state index in [1.54, 1.807) is 0 Å². The van der Waals surface area contributed by atoms with E-state index in [2.05, 4.69) is 137 Å². The minimum absolute atomic E-state index is 0.473. The van der Waals surface area contributed by atoms with Crippen LogP contribution < -0.4 is 10.6 Å². The summed E-state index contributed by atoms with van der Waals surface area (Å²) in [6, 6.07) is 49.2. The summed E-state index contributed by atoms with van der Waals surface area (Å²) in [5.74, 6) is 1.37. The molecule has 4 aromatic carbocycles. The van der Waals surface area contributed by atoms with Crippen molar-refractivity contribution in [3.8, 4) is 0 Å². The molecule has 0 atom stereocenters. The van der Waals surface area contributed by atoms with Crippen LogP contribution in [0.1, 0.15) is 65.0 Å². The van der Waals surface area contributed by atoms with E-state index in [9.17, 15) is 0 Å². The summed E-state index contributed by atoms with van der Waals surface area (Å²) < 4.78 is 2.01. The van der Waals surface area contributed by atoms with E-state index in [0.29, 0.717) is 17.6 Å². The zero-order valence-corrected chi connectivity index (χ0v) is 29.4. The molecule has 0 unspecified atom stereocenters. The van der Waals surface area contributed by atoms with Crippen molar-refractivity contribution >= 4 is 22.6 Å². The summed E-state index contributed by atoms with van der Waals surface area (Å²) in [6.07, 6.45) is 10.7. The van der Waals surface area contributed by atoms with Crippen molar-refractivity contribution in [3.63, 3.8) is 0 Å². The number of nitrogens with one attached hydrogen (secondary N) is 2. The Labute approximate surface area is 305 Å². The molecule has 0 aliphatic heterocycles. The molecule has 1 fully saturated rings. The summed E-state index contributed by atoms with van der Waals surface area (Å²) in [4.78, 5) is 9.71. The van der Waals surface area contributed by atoms with Gasteiger partial charge in [-0.15, -0.1) is 5.10 Å². The first-order valence-electron chi connectivity index (χ1n) is 18.3. The van der Waals surface area contributed by atoms with Gasteiger partial charge >= 0.3 is 0 Å². The second-order valence-corrected chi connectivity index (χ2v) is 13.5. The zero-order valence-electron chi connectivity index (χ0n) is 29.4. The smallest absolute Gasteiger partial charge is 0.182 e. The van der Waals surface area contributed by atoms with E-state index in [-0.39, 0.29) is 0 Å². The number of hydrogen-bond donors (Lipinski definition) is 2. The van der Waals surface area contributed by atoms with Gasteiger partial charge in [-0.3, -0.25) is 4.98 Å². The van der Waals surface area contributed by atoms with Crippen LogP contribution >= 0.6 is 0 Å². The van der Waals surface area contributed by atoms with Gasteiger partial charge in [-0.25, -0.2) is 9.67 Å². The monoisotopic (exact) mass is 681 g/mol. The lowest BCUT2D eigenvalue weighted by Gasteiger charge is -2.36. The van der Waals surface area contributed by atoms with Crippen LogP contribution in [0.15, 0.2) is 158 Å². The van der Waals surface area contributed by atoms with Gasteiger partial charge in [-0.1, -0.05) is 139 Å². The third-order valence-corrected chi connectivity index (χ3v) is 10.5. The molecule has 1 saturated carbocycles. The number of anilines is 1. The van der Waals surface area contributed by atoms with Gasteiger partial charge < -0.3 is 10.6 Å². The Morgan fingerprint density at radius 1 is 0.750 bits per heavy atom. The molecule has 7 aromatic rings. The van der Waals surface area contributed by atoms with Crippen LogP contribution in [0.3, 0.4) is 0 Å². The van der Waals surface area contributed by atoms with E-state index in [1.165, 1.54) is 18.4 Å². The molecule has 3 aromatic heterocycles. The molecule has 0 amide bonds. The lowest BCUT2D eigenvalue weighted by atomic mass is 9.77. The van der Waals surface area contributed by atoms with E-state index in [0.717, 1.165) is 64.1 Å². The van der Waals surface area contributed by atoms with Crippen molar-refractivity contribution in [1.82, 2.24) is 30.3 Å². The number of nitrogens with zero attached hydrogens (tertiary/aromatic N) is 5. The normalized spacial score (nSPS) is 16.5. The molecular weight excluding hydrogens is 639 g/mol. The number of benzene rings is 4. The number of fused-ring (bicyclic) bond motifs is 1. The molecule has 0 saturated heterocycles. The SMILES string of the molecule is CNc1cc(/C(=C/CNC2CCC(c3ccccc3)CC2)c2cccnc2)c2nnn(C(c3ccccc3)(c3ccccc3)c3ccccc3)c2n1. The van der Waals surface area contributed by atoms with Crippen molar-refractivity contribution in [2.75, 3.05) is 18.9 Å². The van der Waals surface area contributed by atoms with Crippen LogP contribution in [-0.4, -0.2) is 44.6 Å². The maximum Gasteiger partial charge on any atom is 0.182 e. The fraction of sp³-hybridized carbons (Fsp3) is 0.200. The predicted octanol–water partition coefficient (Wildman–Crippen LogP) is 8.85. The molecule has 52 heavy (non-hydrogen) atoms. The molecule has 7 heteroatoms. The highest BCUT2D eigenvalue weighted by molar-refractivity contribution is 5.94. The average Bonchev–Trinajstić information content (AvgIpc) is 3.66. The largest absolute Gasteiger partial charge is 0.373 e. The topological polar surface area (TPSA) is 80.5 Å². The third-order valence-electron chi connectivity index (χ3n) is 10.5. The van der Waals surface area contributed by atoms with Crippen LogP contribution in [0.4, 0.5) is 5.82 Å². The number of pyridine rings is 2. The maximum atomic E-state index is 5.19. The van der Waals surface area contributed by atoms with Crippen LogP contribution in [0, 0.1) is 0 Å². The van der Waals surface area contributed by atoms with Gasteiger partial charge in [0.05, 0.1) is 0 Å². The van der Waals surface area contributed by atoms with E-state index in [4.69, 9.17) is 15.3 Å². The lowest BCUT2D eigenvalue weighted by molar-refractivity contribution is 0.351. The Kier molecular flexibility index (Phi) is 9.67. The Morgan fingerprint density at radius 3 is 1.90 bits per heavy atom. The van der Waals surface area contributed by atoms with E-state index < -0.39 is 5.54 Å². The Balaban J connectivity index is 1.23. The highest BCUT2D eigenvalue weighted by atomic mass is 15.5. The number of rotatable bonds is 11. The highest BCUT2D eigenvalue weighted by Gasteiger charge is 2.41. The van der Waals surface area contributed by atoms with Gasteiger partial charge in [0, 0.05) is 43.2 Å². The molecule has 3 heterocycles. The highest BCUT2D eigenvalue weighted by Crippen LogP contribution is 2.43. The zero-order chi connectivity index (χ0) is 35.2. The minimum atomic E-state index is -0.854. The van der Waals surface area contributed by atoms with Crippen LogP contribution in [-0.2, 0) is 5.54 Å². The Hall–Kier alpha value is -5.92. The molecule has 7 nitrogen and oxygen atoms in total. The van der Waals surface area contributed by atoms with Gasteiger partial charge in [0.1, 0.15) is 16.9 Å². The number of hydrogen-bond acceptors (Lipinski definition) is 6. The van der Waals surface area contributed by atoms with Crippen molar-refractivity contribution in [1.29, 1.82) is 0 Å². The first-order valence-corrected chi connectivity index (χ1v) is 18.3. The first kappa shape index (κ1) is 33.2. The minimum Gasteiger partial charge on any atom is -0.373 e. The standard InChI is InChI=1S/C45H43N7/c1-46-42-31-41(40(35-17-14-29-47-32-35)28-30-48-39-26-24-34(25-27-39)33-15-6-2-7-16-33)43-44(49-42)52(51-50-43)45(36-18-8-3-9-19-36,37-20-10-4-11-21-37)38-22-12-5-13-23-38/h2-23,28-29,31-32,34,39,48H,24-27,30H2,1H3,(H,46,49)/b40-28+. The van der Waals surface area contributed by atoms with Crippen LogP contribution in [0.25, 0.3) is 16.7 Å². The quantitative estimate of drug-likeness (QED) is 0.133. The van der Waals surface area contributed by atoms with Gasteiger partial charge in [-0.2, -0.15) is 0 Å². The van der Waals surface area contributed by atoms with Crippen molar-refractivity contribution < 1.29 is 0 Å². The summed E-state index contributed by atoms with van der Waals surface area (Å²) in [5.41, 5.74) is 8.21. The molecule has 1 aliphatic rings. The molecule has 1 aliphatic carbocycles.